The third kappa shape index (κ3) is 5.53. The summed E-state index contributed by atoms with van der Waals surface area (Å²) in [5, 5.41) is 3.77. The molecule has 0 unspecified atom stereocenters. The van der Waals surface area contributed by atoms with Crippen LogP contribution >= 0.6 is 23.2 Å². The molecule has 23 heavy (non-hydrogen) atoms. The standard InChI is InChI=1S/C16H15Cl2NO3S/c17-13-3-1-12(2-4-13)11-19-16(20)9-10-23(21,22)15-7-5-14(18)6-8-15/h1-8H,9-11H2,(H,19,20). The van der Waals surface area contributed by atoms with Crippen molar-refractivity contribution in [3.05, 3.63) is 64.1 Å². The molecular weight excluding hydrogens is 357 g/mol. The number of amides is 1. The van der Waals surface area contributed by atoms with Crippen LogP contribution in [-0.2, 0) is 21.2 Å². The molecule has 0 aliphatic rings. The Hall–Kier alpha value is -1.56. The largest absolute Gasteiger partial charge is 0.352 e. The Labute approximate surface area is 145 Å². The molecule has 0 aromatic heterocycles. The summed E-state index contributed by atoms with van der Waals surface area (Å²) in [6.45, 7) is 0.330. The maximum absolute atomic E-state index is 12.1. The van der Waals surface area contributed by atoms with Gasteiger partial charge in [-0.2, -0.15) is 0 Å². The van der Waals surface area contributed by atoms with Gasteiger partial charge in [0, 0.05) is 23.0 Å². The van der Waals surface area contributed by atoms with Gasteiger partial charge in [-0.1, -0.05) is 35.3 Å². The summed E-state index contributed by atoms with van der Waals surface area (Å²) in [5.41, 5.74) is 0.892. The number of carbonyl (C=O) groups is 1. The molecule has 2 rings (SSSR count). The van der Waals surface area contributed by atoms with Gasteiger partial charge in [0.2, 0.25) is 5.91 Å². The molecule has 1 amide bonds. The van der Waals surface area contributed by atoms with Crippen LogP contribution in [0, 0.1) is 0 Å². The number of rotatable bonds is 6. The SMILES string of the molecule is O=C(CCS(=O)(=O)c1ccc(Cl)cc1)NCc1ccc(Cl)cc1. The Bertz CT molecular complexity index is 772. The second-order valence-corrected chi connectivity index (χ2v) is 7.91. The first-order chi connectivity index (χ1) is 10.9. The first kappa shape index (κ1) is 17.8. The summed E-state index contributed by atoms with van der Waals surface area (Å²) in [6.07, 6.45) is -0.0987. The fourth-order valence-corrected chi connectivity index (χ4v) is 3.37. The lowest BCUT2D eigenvalue weighted by Gasteiger charge is -2.07. The monoisotopic (exact) mass is 371 g/mol. The fourth-order valence-electron chi connectivity index (χ4n) is 1.88. The van der Waals surface area contributed by atoms with Crippen molar-refractivity contribution < 1.29 is 13.2 Å². The Morgan fingerprint density at radius 1 is 0.913 bits per heavy atom. The quantitative estimate of drug-likeness (QED) is 0.845. The molecule has 1 N–H and O–H groups in total. The topological polar surface area (TPSA) is 63.2 Å². The van der Waals surface area contributed by atoms with Crippen molar-refractivity contribution in [2.45, 2.75) is 17.9 Å². The zero-order valence-corrected chi connectivity index (χ0v) is 14.5. The smallest absolute Gasteiger partial charge is 0.221 e. The predicted octanol–water partition coefficient (Wildman–Crippen LogP) is 3.47. The number of hydrogen-bond donors (Lipinski definition) is 1. The van der Waals surface area contributed by atoms with E-state index in [1.807, 2.05) is 0 Å². The highest BCUT2D eigenvalue weighted by atomic mass is 35.5. The second kappa shape index (κ2) is 7.81. The van der Waals surface area contributed by atoms with E-state index in [1.165, 1.54) is 24.3 Å². The molecule has 0 bridgehead atoms. The van der Waals surface area contributed by atoms with Crippen LogP contribution in [0.1, 0.15) is 12.0 Å². The van der Waals surface area contributed by atoms with E-state index in [1.54, 1.807) is 24.3 Å². The van der Waals surface area contributed by atoms with Crippen LogP contribution in [0.3, 0.4) is 0 Å². The Balaban J connectivity index is 1.86. The minimum atomic E-state index is -3.50. The van der Waals surface area contributed by atoms with Crippen LogP contribution < -0.4 is 5.32 Å². The lowest BCUT2D eigenvalue weighted by molar-refractivity contribution is -0.120. The van der Waals surface area contributed by atoms with Crippen molar-refractivity contribution >= 4 is 38.9 Å². The van der Waals surface area contributed by atoms with Crippen molar-refractivity contribution in [1.82, 2.24) is 5.32 Å². The molecular formula is C16H15Cl2NO3S. The van der Waals surface area contributed by atoms with Gasteiger partial charge in [-0.05, 0) is 42.0 Å². The Morgan fingerprint density at radius 2 is 1.43 bits per heavy atom. The molecule has 7 heteroatoms. The molecule has 0 heterocycles. The van der Waals surface area contributed by atoms with Gasteiger partial charge in [0.1, 0.15) is 0 Å². The van der Waals surface area contributed by atoms with E-state index in [2.05, 4.69) is 5.32 Å². The Morgan fingerprint density at radius 3 is 2.00 bits per heavy atom. The highest BCUT2D eigenvalue weighted by Gasteiger charge is 2.16. The number of hydrogen-bond acceptors (Lipinski definition) is 3. The van der Waals surface area contributed by atoms with Crippen LogP contribution in [0.15, 0.2) is 53.4 Å². The summed E-state index contributed by atoms with van der Waals surface area (Å²) in [7, 11) is -3.50. The number of sulfone groups is 1. The minimum absolute atomic E-state index is 0.0987. The van der Waals surface area contributed by atoms with E-state index >= 15 is 0 Å². The van der Waals surface area contributed by atoms with E-state index in [-0.39, 0.29) is 23.0 Å². The van der Waals surface area contributed by atoms with E-state index in [0.29, 0.717) is 16.6 Å². The van der Waals surface area contributed by atoms with Crippen molar-refractivity contribution in [2.24, 2.45) is 0 Å². The molecule has 0 aliphatic heterocycles. The van der Waals surface area contributed by atoms with Crippen LogP contribution in [0.5, 0.6) is 0 Å². The van der Waals surface area contributed by atoms with Crippen molar-refractivity contribution in [3.8, 4) is 0 Å². The van der Waals surface area contributed by atoms with E-state index in [9.17, 15) is 13.2 Å². The lowest BCUT2D eigenvalue weighted by atomic mass is 10.2. The molecule has 0 atom stereocenters. The molecule has 2 aromatic rings. The summed E-state index contributed by atoms with van der Waals surface area (Å²) in [6, 6.07) is 12.9. The molecule has 0 aliphatic carbocycles. The van der Waals surface area contributed by atoms with Crippen molar-refractivity contribution in [1.29, 1.82) is 0 Å². The summed E-state index contributed by atoms with van der Waals surface area (Å²) in [4.78, 5) is 12.0. The minimum Gasteiger partial charge on any atom is -0.352 e. The first-order valence-corrected chi connectivity index (χ1v) is 9.27. The molecule has 0 spiro atoms. The normalized spacial score (nSPS) is 11.2. The van der Waals surface area contributed by atoms with Gasteiger partial charge in [-0.15, -0.1) is 0 Å². The maximum Gasteiger partial charge on any atom is 0.221 e. The lowest BCUT2D eigenvalue weighted by Crippen LogP contribution is -2.25. The molecule has 0 saturated carbocycles. The van der Waals surface area contributed by atoms with Crippen LogP contribution in [-0.4, -0.2) is 20.1 Å². The fraction of sp³-hybridized carbons (Fsp3) is 0.188. The second-order valence-electron chi connectivity index (χ2n) is 4.93. The first-order valence-electron chi connectivity index (χ1n) is 6.86. The van der Waals surface area contributed by atoms with Gasteiger partial charge in [-0.25, -0.2) is 8.42 Å². The number of carbonyl (C=O) groups excluding carboxylic acids is 1. The van der Waals surface area contributed by atoms with Gasteiger partial charge >= 0.3 is 0 Å². The zero-order valence-electron chi connectivity index (χ0n) is 12.1. The maximum atomic E-state index is 12.1. The van der Waals surface area contributed by atoms with Crippen LogP contribution in [0.2, 0.25) is 10.0 Å². The molecule has 0 radical (unpaired) electrons. The van der Waals surface area contributed by atoms with E-state index < -0.39 is 9.84 Å². The number of nitrogens with one attached hydrogen (secondary N) is 1. The van der Waals surface area contributed by atoms with Gasteiger partial charge in [0.25, 0.3) is 0 Å². The van der Waals surface area contributed by atoms with Crippen molar-refractivity contribution in [3.63, 3.8) is 0 Å². The van der Waals surface area contributed by atoms with Crippen molar-refractivity contribution in [2.75, 3.05) is 5.75 Å². The summed E-state index contributed by atoms with van der Waals surface area (Å²) < 4.78 is 24.2. The third-order valence-corrected chi connectivity index (χ3v) is 5.41. The van der Waals surface area contributed by atoms with Crippen LogP contribution in [0.25, 0.3) is 0 Å². The predicted molar refractivity (Wildman–Crippen MR) is 91.4 cm³/mol. The van der Waals surface area contributed by atoms with Gasteiger partial charge in [0.15, 0.2) is 9.84 Å². The molecule has 0 fully saturated rings. The van der Waals surface area contributed by atoms with E-state index in [4.69, 9.17) is 23.2 Å². The van der Waals surface area contributed by atoms with Gasteiger partial charge in [-0.3, -0.25) is 4.79 Å². The van der Waals surface area contributed by atoms with Crippen LogP contribution in [0.4, 0.5) is 0 Å². The third-order valence-electron chi connectivity index (χ3n) is 3.17. The number of benzene rings is 2. The van der Waals surface area contributed by atoms with Gasteiger partial charge < -0.3 is 5.32 Å². The highest BCUT2D eigenvalue weighted by molar-refractivity contribution is 7.91. The molecule has 122 valence electrons. The molecule has 0 saturated heterocycles. The average molecular weight is 372 g/mol. The summed E-state index contributed by atoms with van der Waals surface area (Å²) in [5.74, 6) is -0.571. The average Bonchev–Trinajstić information content (AvgIpc) is 2.53. The highest BCUT2D eigenvalue weighted by Crippen LogP contribution is 2.16. The van der Waals surface area contributed by atoms with E-state index in [0.717, 1.165) is 5.56 Å². The van der Waals surface area contributed by atoms with Gasteiger partial charge in [0.05, 0.1) is 10.6 Å². The molecule has 4 nitrogen and oxygen atoms in total. The summed E-state index contributed by atoms with van der Waals surface area (Å²) >= 11 is 11.5. The zero-order chi connectivity index (χ0) is 16.9. The Kier molecular flexibility index (Phi) is 6.04. The number of halogens is 2. The molecule has 2 aromatic carbocycles.